The molecule has 0 amide bonds. The first kappa shape index (κ1) is 14.5. The highest BCUT2D eigenvalue weighted by molar-refractivity contribution is 7.85. The SMILES string of the molecule is COc1ccccc1S(=O)CCC(=O)c1ccccc1. The summed E-state index contributed by atoms with van der Waals surface area (Å²) in [5.74, 6) is 0.903. The molecule has 1 atom stereocenters. The predicted molar refractivity (Wildman–Crippen MR) is 79.7 cm³/mol. The number of carbonyl (C=O) groups excluding carboxylic acids is 1. The van der Waals surface area contributed by atoms with Crippen molar-refractivity contribution in [2.45, 2.75) is 11.3 Å². The molecule has 0 saturated heterocycles. The molecular weight excluding hydrogens is 272 g/mol. The Morgan fingerprint density at radius 3 is 2.40 bits per heavy atom. The van der Waals surface area contributed by atoms with Crippen molar-refractivity contribution in [2.75, 3.05) is 12.9 Å². The van der Waals surface area contributed by atoms with Crippen LogP contribution in [0.3, 0.4) is 0 Å². The molecule has 104 valence electrons. The van der Waals surface area contributed by atoms with Gasteiger partial charge in [0.15, 0.2) is 5.78 Å². The smallest absolute Gasteiger partial charge is 0.163 e. The van der Waals surface area contributed by atoms with Gasteiger partial charge in [-0.05, 0) is 12.1 Å². The van der Waals surface area contributed by atoms with E-state index in [0.717, 1.165) is 0 Å². The molecule has 0 heterocycles. The van der Waals surface area contributed by atoms with Crippen molar-refractivity contribution in [3.05, 3.63) is 60.2 Å². The van der Waals surface area contributed by atoms with E-state index in [4.69, 9.17) is 4.74 Å². The van der Waals surface area contributed by atoms with E-state index in [0.29, 0.717) is 22.0 Å². The van der Waals surface area contributed by atoms with Crippen molar-refractivity contribution in [3.8, 4) is 5.75 Å². The van der Waals surface area contributed by atoms with Gasteiger partial charge < -0.3 is 4.74 Å². The lowest BCUT2D eigenvalue weighted by molar-refractivity contribution is 0.0989. The van der Waals surface area contributed by atoms with Crippen LogP contribution in [0.4, 0.5) is 0 Å². The molecule has 0 aliphatic heterocycles. The van der Waals surface area contributed by atoms with E-state index in [-0.39, 0.29) is 12.2 Å². The van der Waals surface area contributed by atoms with Crippen LogP contribution in [-0.2, 0) is 10.8 Å². The van der Waals surface area contributed by atoms with E-state index in [2.05, 4.69) is 0 Å². The zero-order chi connectivity index (χ0) is 14.4. The van der Waals surface area contributed by atoms with Gasteiger partial charge in [0.25, 0.3) is 0 Å². The molecule has 0 spiro atoms. The zero-order valence-corrected chi connectivity index (χ0v) is 12.1. The van der Waals surface area contributed by atoms with Gasteiger partial charge in [0.2, 0.25) is 0 Å². The van der Waals surface area contributed by atoms with Crippen LogP contribution in [0.2, 0.25) is 0 Å². The average Bonchev–Trinajstić information content (AvgIpc) is 2.53. The third-order valence-corrected chi connectivity index (χ3v) is 4.33. The van der Waals surface area contributed by atoms with Crippen LogP contribution in [-0.4, -0.2) is 22.9 Å². The molecule has 2 aromatic carbocycles. The maximum atomic E-state index is 12.2. The van der Waals surface area contributed by atoms with E-state index in [9.17, 15) is 9.00 Å². The number of ether oxygens (including phenoxy) is 1. The van der Waals surface area contributed by atoms with Crippen LogP contribution in [0.25, 0.3) is 0 Å². The summed E-state index contributed by atoms with van der Waals surface area (Å²) in [5, 5.41) is 0. The Bertz CT molecular complexity index is 608. The van der Waals surface area contributed by atoms with Crippen LogP contribution in [0.1, 0.15) is 16.8 Å². The second kappa shape index (κ2) is 7.01. The van der Waals surface area contributed by atoms with E-state index in [1.165, 1.54) is 0 Å². The summed E-state index contributed by atoms with van der Waals surface area (Å²) < 4.78 is 17.4. The van der Waals surface area contributed by atoms with Gasteiger partial charge in [-0.25, -0.2) is 0 Å². The van der Waals surface area contributed by atoms with Gasteiger partial charge in [-0.2, -0.15) is 0 Å². The normalized spacial score (nSPS) is 11.8. The van der Waals surface area contributed by atoms with Crippen molar-refractivity contribution in [2.24, 2.45) is 0 Å². The molecule has 0 N–H and O–H groups in total. The molecule has 3 nitrogen and oxygen atoms in total. The maximum Gasteiger partial charge on any atom is 0.163 e. The molecule has 0 aliphatic rings. The largest absolute Gasteiger partial charge is 0.495 e. The summed E-state index contributed by atoms with van der Waals surface area (Å²) >= 11 is 0. The van der Waals surface area contributed by atoms with Gasteiger partial charge in [-0.3, -0.25) is 9.00 Å². The Kier molecular flexibility index (Phi) is 5.07. The Labute approximate surface area is 121 Å². The minimum Gasteiger partial charge on any atom is -0.495 e. The zero-order valence-electron chi connectivity index (χ0n) is 11.2. The summed E-state index contributed by atoms with van der Waals surface area (Å²) in [5.41, 5.74) is 0.657. The maximum absolute atomic E-state index is 12.2. The highest BCUT2D eigenvalue weighted by atomic mass is 32.2. The van der Waals surface area contributed by atoms with E-state index in [1.54, 1.807) is 31.4 Å². The van der Waals surface area contributed by atoms with Crippen LogP contribution in [0.5, 0.6) is 5.75 Å². The summed E-state index contributed by atoms with van der Waals surface area (Å²) in [6.07, 6.45) is 0.259. The first-order chi connectivity index (χ1) is 9.72. The van der Waals surface area contributed by atoms with Gasteiger partial charge >= 0.3 is 0 Å². The third kappa shape index (κ3) is 3.54. The number of hydrogen-bond donors (Lipinski definition) is 0. The highest BCUT2D eigenvalue weighted by Crippen LogP contribution is 2.22. The topological polar surface area (TPSA) is 43.4 Å². The van der Waals surface area contributed by atoms with Crippen LogP contribution < -0.4 is 4.74 Å². The average molecular weight is 288 g/mol. The first-order valence-corrected chi connectivity index (χ1v) is 7.64. The van der Waals surface area contributed by atoms with E-state index >= 15 is 0 Å². The van der Waals surface area contributed by atoms with E-state index < -0.39 is 10.8 Å². The molecule has 20 heavy (non-hydrogen) atoms. The molecule has 0 saturated carbocycles. The quantitative estimate of drug-likeness (QED) is 0.767. The van der Waals surface area contributed by atoms with Gasteiger partial charge in [0, 0.05) is 17.7 Å². The molecule has 2 aromatic rings. The Morgan fingerprint density at radius 1 is 1.05 bits per heavy atom. The number of para-hydroxylation sites is 1. The fourth-order valence-corrected chi connectivity index (χ4v) is 3.07. The van der Waals surface area contributed by atoms with Crippen LogP contribution in [0.15, 0.2) is 59.5 Å². The van der Waals surface area contributed by atoms with Crippen LogP contribution >= 0.6 is 0 Å². The monoisotopic (exact) mass is 288 g/mol. The molecule has 0 bridgehead atoms. The second-order valence-corrected chi connectivity index (χ2v) is 5.78. The van der Waals surface area contributed by atoms with Crippen molar-refractivity contribution >= 4 is 16.6 Å². The van der Waals surface area contributed by atoms with Gasteiger partial charge in [-0.15, -0.1) is 0 Å². The minimum atomic E-state index is -1.24. The molecule has 4 heteroatoms. The number of carbonyl (C=O) groups is 1. The van der Waals surface area contributed by atoms with Crippen molar-refractivity contribution < 1.29 is 13.7 Å². The number of Topliss-reactive ketones (excluding diaryl/α,β-unsaturated/α-hetero) is 1. The van der Waals surface area contributed by atoms with Crippen LogP contribution in [0, 0.1) is 0 Å². The number of rotatable bonds is 6. The van der Waals surface area contributed by atoms with Crippen molar-refractivity contribution in [3.63, 3.8) is 0 Å². The van der Waals surface area contributed by atoms with Crippen molar-refractivity contribution in [1.29, 1.82) is 0 Å². The van der Waals surface area contributed by atoms with Gasteiger partial charge in [-0.1, -0.05) is 42.5 Å². The summed E-state index contributed by atoms with van der Waals surface area (Å²) in [4.78, 5) is 12.6. The predicted octanol–water partition coefficient (Wildman–Crippen LogP) is 3.08. The molecule has 0 aromatic heterocycles. The fraction of sp³-hybridized carbons (Fsp3) is 0.188. The second-order valence-electron chi connectivity index (χ2n) is 4.24. The Morgan fingerprint density at radius 2 is 1.70 bits per heavy atom. The molecular formula is C16H16O3S. The molecule has 0 aliphatic carbocycles. The van der Waals surface area contributed by atoms with Crippen molar-refractivity contribution in [1.82, 2.24) is 0 Å². The number of methoxy groups -OCH3 is 1. The van der Waals surface area contributed by atoms with Gasteiger partial charge in [0.05, 0.1) is 22.8 Å². The summed E-state index contributed by atoms with van der Waals surface area (Å²) in [7, 11) is 0.312. The lowest BCUT2D eigenvalue weighted by Crippen LogP contribution is -2.07. The number of benzene rings is 2. The van der Waals surface area contributed by atoms with Gasteiger partial charge in [0.1, 0.15) is 5.75 Å². The minimum absolute atomic E-state index is 0.00819. The number of ketones is 1. The Hall–Kier alpha value is -1.94. The van der Waals surface area contributed by atoms with E-state index in [1.807, 2.05) is 30.3 Å². The Balaban J connectivity index is 2.01. The fourth-order valence-electron chi connectivity index (χ4n) is 1.87. The molecule has 0 radical (unpaired) electrons. The summed E-state index contributed by atoms with van der Waals surface area (Å²) in [6, 6.07) is 16.2. The lowest BCUT2D eigenvalue weighted by Gasteiger charge is -2.07. The summed E-state index contributed by atoms with van der Waals surface area (Å²) in [6.45, 7) is 0. The highest BCUT2D eigenvalue weighted by Gasteiger charge is 2.12. The lowest BCUT2D eigenvalue weighted by atomic mass is 10.1. The third-order valence-electron chi connectivity index (χ3n) is 2.92. The molecule has 1 unspecified atom stereocenters. The molecule has 2 rings (SSSR count). The standard InChI is InChI=1S/C16H16O3S/c1-19-15-9-5-6-10-16(15)20(18)12-11-14(17)13-7-3-2-4-8-13/h2-10H,11-12H2,1H3. The first-order valence-electron chi connectivity index (χ1n) is 6.32. The number of hydrogen-bond acceptors (Lipinski definition) is 3. The molecule has 0 fully saturated rings.